The lowest BCUT2D eigenvalue weighted by Crippen LogP contribution is -2.06. The van der Waals surface area contributed by atoms with Gasteiger partial charge in [-0.3, -0.25) is 4.68 Å². The van der Waals surface area contributed by atoms with Crippen LogP contribution < -0.4 is 9.47 Å². The van der Waals surface area contributed by atoms with Crippen LogP contribution in [0.2, 0.25) is 0 Å². The smallest absolute Gasteiger partial charge is 0.132 e. The van der Waals surface area contributed by atoms with Gasteiger partial charge in [0.15, 0.2) is 0 Å². The third kappa shape index (κ3) is 2.67. The molecule has 0 spiro atoms. The average molecular weight is 343 g/mol. The molecule has 5 nitrogen and oxygen atoms in total. The molecule has 0 saturated heterocycles. The fraction of sp³-hybridized carbons (Fsp3) is 0.143. The SMILES string of the molecule is c1ccc2nc(COc3ccc4c(c3)OCCn3nccc3-4)ccc2c1. The maximum absolute atomic E-state index is 5.95. The third-order valence-corrected chi connectivity index (χ3v) is 4.55. The van der Waals surface area contributed by atoms with Gasteiger partial charge in [0, 0.05) is 23.2 Å². The molecule has 0 bridgehead atoms. The summed E-state index contributed by atoms with van der Waals surface area (Å²) in [6.07, 6.45) is 1.82. The maximum Gasteiger partial charge on any atom is 0.132 e. The lowest BCUT2D eigenvalue weighted by Gasteiger charge is -2.11. The molecule has 2 aromatic carbocycles. The molecule has 0 fully saturated rings. The molecule has 0 atom stereocenters. The van der Waals surface area contributed by atoms with Crippen molar-refractivity contribution in [1.29, 1.82) is 0 Å². The molecule has 128 valence electrons. The Morgan fingerprint density at radius 2 is 2.00 bits per heavy atom. The van der Waals surface area contributed by atoms with Gasteiger partial charge in [0.2, 0.25) is 0 Å². The first-order chi connectivity index (χ1) is 12.9. The number of hydrogen-bond donors (Lipinski definition) is 0. The van der Waals surface area contributed by atoms with Gasteiger partial charge in [-0.15, -0.1) is 0 Å². The number of benzene rings is 2. The highest BCUT2D eigenvalue weighted by Crippen LogP contribution is 2.35. The molecule has 0 saturated carbocycles. The van der Waals surface area contributed by atoms with E-state index in [1.807, 2.05) is 59.4 Å². The molecule has 3 heterocycles. The van der Waals surface area contributed by atoms with E-state index in [2.05, 4.69) is 22.2 Å². The molecule has 2 aromatic heterocycles. The zero-order valence-corrected chi connectivity index (χ0v) is 14.1. The second-order valence-electron chi connectivity index (χ2n) is 6.23. The van der Waals surface area contributed by atoms with Gasteiger partial charge < -0.3 is 9.47 Å². The Bertz CT molecular complexity index is 1090. The zero-order chi connectivity index (χ0) is 17.3. The molecule has 26 heavy (non-hydrogen) atoms. The number of hydrogen-bond acceptors (Lipinski definition) is 4. The molecule has 1 aliphatic rings. The molecular weight excluding hydrogens is 326 g/mol. The number of ether oxygens (including phenoxy) is 2. The van der Waals surface area contributed by atoms with Crippen molar-refractivity contribution in [2.45, 2.75) is 13.2 Å². The first kappa shape index (κ1) is 15.0. The lowest BCUT2D eigenvalue weighted by atomic mass is 10.1. The van der Waals surface area contributed by atoms with Gasteiger partial charge in [-0.05, 0) is 30.3 Å². The minimum absolute atomic E-state index is 0.418. The van der Waals surface area contributed by atoms with Crippen LogP contribution in [0.4, 0.5) is 0 Å². The van der Waals surface area contributed by atoms with Crippen LogP contribution in [0.5, 0.6) is 11.5 Å². The van der Waals surface area contributed by atoms with Gasteiger partial charge in [-0.1, -0.05) is 24.3 Å². The van der Waals surface area contributed by atoms with E-state index in [1.54, 1.807) is 0 Å². The van der Waals surface area contributed by atoms with E-state index in [4.69, 9.17) is 9.47 Å². The van der Waals surface area contributed by atoms with E-state index in [0.717, 1.165) is 45.9 Å². The monoisotopic (exact) mass is 343 g/mol. The van der Waals surface area contributed by atoms with E-state index < -0.39 is 0 Å². The molecule has 0 N–H and O–H groups in total. The fourth-order valence-corrected chi connectivity index (χ4v) is 3.25. The molecule has 0 amide bonds. The van der Waals surface area contributed by atoms with Gasteiger partial charge in [0.25, 0.3) is 0 Å². The Kier molecular flexibility index (Phi) is 3.56. The van der Waals surface area contributed by atoms with E-state index in [0.29, 0.717) is 13.2 Å². The van der Waals surface area contributed by atoms with Crippen LogP contribution in [0, 0.1) is 0 Å². The van der Waals surface area contributed by atoms with Gasteiger partial charge in [0.1, 0.15) is 24.7 Å². The molecular formula is C21H17N3O2. The standard InChI is InChI=1S/C21H17N3O2/c1-2-4-19-15(3-1)5-6-16(23-19)14-26-17-7-8-18-20-9-10-22-24(20)11-12-25-21(18)13-17/h1-10,13H,11-12,14H2. The summed E-state index contributed by atoms with van der Waals surface area (Å²) in [5, 5.41) is 5.47. The summed E-state index contributed by atoms with van der Waals surface area (Å²) in [5.74, 6) is 1.60. The lowest BCUT2D eigenvalue weighted by molar-refractivity contribution is 0.286. The summed E-state index contributed by atoms with van der Waals surface area (Å²) in [7, 11) is 0. The average Bonchev–Trinajstić information content (AvgIpc) is 3.08. The first-order valence-electron chi connectivity index (χ1n) is 8.63. The summed E-state index contributed by atoms with van der Waals surface area (Å²) < 4.78 is 13.8. The molecule has 5 heteroatoms. The Labute approximate surface area is 150 Å². The van der Waals surface area contributed by atoms with E-state index >= 15 is 0 Å². The molecule has 1 aliphatic heterocycles. The molecule has 0 radical (unpaired) electrons. The van der Waals surface area contributed by atoms with Crippen LogP contribution >= 0.6 is 0 Å². The zero-order valence-electron chi connectivity index (χ0n) is 14.1. The maximum atomic E-state index is 5.95. The number of fused-ring (bicyclic) bond motifs is 4. The third-order valence-electron chi connectivity index (χ3n) is 4.55. The highest BCUT2D eigenvalue weighted by molar-refractivity contribution is 5.78. The molecule has 0 unspecified atom stereocenters. The predicted octanol–water partition coefficient (Wildman–Crippen LogP) is 4.07. The highest BCUT2D eigenvalue weighted by atomic mass is 16.5. The van der Waals surface area contributed by atoms with Crippen molar-refractivity contribution in [2.75, 3.05) is 6.61 Å². The van der Waals surface area contributed by atoms with Gasteiger partial charge in [-0.2, -0.15) is 5.10 Å². The van der Waals surface area contributed by atoms with Crippen LogP contribution in [0.1, 0.15) is 5.69 Å². The minimum atomic E-state index is 0.418. The van der Waals surface area contributed by atoms with Gasteiger partial charge in [0.05, 0.1) is 23.4 Å². The first-order valence-corrected chi connectivity index (χ1v) is 8.63. The van der Waals surface area contributed by atoms with Crippen molar-refractivity contribution in [3.05, 3.63) is 72.6 Å². The molecule has 4 aromatic rings. The molecule has 5 rings (SSSR count). The highest BCUT2D eigenvalue weighted by Gasteiger charge is 2.16. The van der Waals surface area contributed by atoms with Gasteiger partial charge >= 0.3 is 0 Å². The molecule has 0 aliphatic carbocycles. The normalized spacial score (nSPS) is 12.8. The number of nitrogens with zero attached hydrogens (tertiary/aromatic N) is 3. The summed E-state index contributed by atoms with van der Waals surface area (Å²) in [6.45, 7) is 1.76. The summed E-state index contributed by atoms with van der Waals surface area (Å²) in [4.78, 5) is 4.65. The van der Waals surface area contributed by atoms with Crippen molar-refractivity contribution in [2.24, 2.45) is 0 Å². The van der Waals surface area contributed by atoms with Crippen LogP contribution in [0.25, 0.3) is 22.2 Å². The van der Waals surface area contributed by atoms with Crippen molar-refractivity contribution in [3.8, 4) is 22.8 Å². The van der Waals surface area contributed by atoms with E-state index in [9.17, 15) is 0 Å². The second-order valence-corrected chi connectivity index (χ2v) is 6.23. The largest absolute Gasteiger partial charge is 0.491 e. The second kappa shape index (κ2) is 6.19. The predicted molar refractivity (Wildman–Crippen MR) is 99.2 cm³/mol. The fourth-order valence-electron chi connectivity index (χ4n) is 3.25. The van der Waals surface area contributed by atoms with E-state index in [-0.39, 0.29) is 0 Å². The van der Waals surface area contributed by atoms with E-state index in [1.165, 1.54) is 0 Å². The Hall–Kier alpha value is -3.34. The summed E-state index contributed by atoms with van der Waals surface area (Å²) in [6, 6.07) is 20.1. The van der Waals surface area contributed by atoms with Crippen molar-refractivity contribution >= 4 is 10.9 Å². The summed E-state index contributed by atoms with van der Waals surface area (Å²) >= 11 is 0. The Balaban J connectivity index is 1.39. The van der Waals surface area contributed by atoms with Crippen LogP contribution in [0.15, 0.2) is 66.9 Å². The van der Waals surface area contributed by atoms with Crippen molar-refractivity contribution in [3.63, 3.8) is 0 Å². The number of aromatic nitrogens is 3. The van der Waals surface area contributed by atoms with Crippen LogP contribution in [0.3, 0.4) is 0 Å². The summed E-state index contributed by atoms with van der Waals surface area (Å²) in [5.41, 5.74) is 3.99. The van der Waals surface area contributed by atoms with Gasteiger partial charge in [-0.25, -0.2) is 4.98 Å². The van der Waals surface area contributed by atoms with Crippen molar-refractivity contribution in [1.82, 2.24) is 14.8 Å². The van der Waals surface area contributed by atoms with Crippen LogP contribution in [-0.2, 0) is 13.2 Å². The minimum Gasteiger partial charge on any atom is -0.491 e. The van der Waals surface area contributed by atoms with Crippen molar-refractivity contribution < 1.29 is 9.47 Å². The quantitative estimate of drug-likeness (QED) is 0.563. The Morgan fingerprint density at radius 1 is 1.04 bits per heavy atom. The number of para-hydroxylation sites is 1. The number of rotatable bonds is 3. The topological polar surface area (TPSA) is 49.2 Å². The van der Waals surface area contributed by atoms with Crippen LogP contribution in [-0.4, -0.2) is 21.4 Å². The Morgan fingerprint density at radius 3 is 3.00 bits per heavy atom. The number of pyridine rings is 1.